The van der Waals surface area contributed by atoms with Crippen molar-refractivity contribution < 1.29 is 13.2 Å². The molecule has 1 aromatic rings. The number of halogens is 4. The predicted octanol–water partition coefficient (Wildman–Crippen LogP) is 8.41. The van der Waals surface area contributed by atoms with Crippen molar-refractivity contribution in [1.82, 2.24) is 0 Å². The Bertz CT molecular complexity index is 473. The van der Waals surface area contributed by atoms with Crippen molar-refractivity contribution in [2.24, 2.45) is 5.92 Å². The van der Waals surface area contributed by atoms with Gasteiger partial charge in [0, 0.05) is 10.9 Å². The summed E-state index contributed by atoms with van der Waals surface area (Å²) >= 11 is 3.49. The van der Waals surface area contributed by atoms with Gasteiger partial charge in [-0.25, -0.2) is 0 Å². The van der Waals surface area contributed by atoms with E-state index in [0.29, 0.717) is 6.42 Å². The number of hydrogen-bond donors (Lipinski definition) is 0. The van der Waals surface area contributed by atoms with Gasteiger partial charge in [-0.2, -0.15) is 13.2 Å². The van der Waals surface area contributed by atoms with Crippen LogP contribution in [0.1, 0.15) is 88.5 Å². The van der Waals surface area contributed by atoms with E-state index >= 15 is 0 Å². The molecule has 25 heavy (non-hydrogen) atoms. The van der Waals surface area contributed by atoms with Gasteiger partial charge in [-0.05, 0) is 61.6 Å². The van der Waals surface area contributed by atoms with Crippen molar-refractivity contribution >= 4 is 15.9 Å². The second kappa shape index (κ2) is 10.6. The molecule has 0 aliphatic heterocycles. The van der Waals surface area contributed by atoms with Crippen LogP contribution >= 0.6 is 15.9 Å². The minimum atomic E-state index is -3.98. The maximum atomic E-state index is 12.0. The Morgan fingerprint density at radius 1 is 0.800 bits per heavy atom. The molecule has 1 aromatic carbocycles. The van der Waals surface area contributed by atoms with Gasteiger partial charge in [-0.1, -0.05) is 66.6 Å². The second-order valence-corrected chi connectivity index (χ2v) is 8.46. The molecule has 1 saturated carbocycles. The van der Waals surface area contributed by atoms with Gasteiger partial charge in [0.15, 0.2) is 0 Å². The minimum absolute atomic E-state index is 0.295. The lowest BCUT2D eigenvalue weighted by atomic mass is 9.77. The Balaban J connectivity index is 1.49. The lowest BCUT2D eigenvalue weighted by Gasteiger charge is -2.29. The van der Waals surface area contributed by atoms with Crippen LogP contribution in [0.25, 0.3) is 0 Å². The van der Waals surface area contributed by atoms with Crippen molar-refractivity contribution in [2.75, 3.05) is 0 Å². The smallest absolute Gasteiger partial charge is 0.171 e. The molecule has 2 rings (SSSR count). The summed E-state index contributed by atoms with van der Waals surface area (Å²) in [6.45, 7) is 0. The molecule has 0 radical (unpaired) electrons. The monoisotopic (exact) mass is 418 g/mol. The van der Waals surface area contributed by atoms with Crippen LogP contribution in [0, 0.1) is 5.92 Å². The molecule has 142 valence electrons. The first kappa shape index (κ1) is 20.8. The molecule has 0 heterocycles. The van der Waals surface area contributed by atoms with E-state index in [1.54, 1.807) is 0 Å². The van der Waals surface area contributed by atoms with Crippen LogP contribution in [0.15, 0.2) is 28.7 Å². The normalized spacial score (nSPS) is 21.4. The third kappa shape index (κ3) is 8.61. The van der Waals surface area contributed by atoms with Crippen LogP contribution in [-0.4, -0.2) is 6.18 Å². The molecular formula is C21H30BrF3. The highest BCUT2D eigenvalue weighted by molar-refractivity contribution is 9.10. The van der Waals surface area contributed by atoms with E-state index in [-0.39, 0.29) is 0 Å². The zero-order valence-electron chi connectivity index (χ0n) is 15.0. The minimum Gasteiger partial charge on any atom is -0.171 e. The molecule has 0 bridgehead atoms. The van der Waals surface area contributed by atoms with Gasteiger partial charge in [0.1, 0.15) is 0 Å². The average molecular weight is 419 g/mol. The maximum absolute atomic E-state index is 12.0. The summed E-state index contributed by atoms with van der Waals surface area (Å²) in [6, 6.07) is 8.76. The Labute approximate surface area is 158 Å². The lowest BCUT2D eigenvalue weighted by Crippen LogP contribution is -2.13. The van der Waals surface area contributed by atoms with E-state index in [9.17, 15) is 13.2 Å². The van der Waals surface area contributed by atoms with Crippen LogP contribution in [0.3, 0.4) is 0 Å². The molecule has 0 atom stereocenters. The molecule has 4 heteroatoms. The van der Waals surface area contributed by atoms with E-state index in [0.717, 1.165) is 35.6 Å². The number of rotatable bonds is 9. The first-order chi connectivity index (χ1) is 11.9. The van der Waals surface area contributed by atoms with E-state index in [1.807, 2.05) is 0 Å². The summed E-state index contributed by atoms with van der Waals surface area (Å²) < 4.78 is 37.3. The van der Waals surface area contributed by atoms with Crippen molar-refractivity contribution in [3.63, 3.8) is 0 Å². The molecule has 0 unspecified atom stereocenters. The van der Waals surface area contributed by atoms with E-state index in [2.05, 4.69) is 40.2 Å². The van der Waals surface area contributed by atoms with Gasteiger partial charge in [-0.3, -0.25) is 0 Å². The van der Waals surface area contributed by atoms with Gasteiger partial charge in [0.2, 0.25) is 0 Å². The molecule has 0 amide bonds. The quantitative estimate of drug-likeness (QED) is 0.353. The van der Waals surface area contributed by atoms with E-state index < -0.39 is 12.6 Å². The van der Waals surface area contributed by atoms with Crippen LogP contribution in [0.5, 0.6) is 0 Å². The fraction of sp³-hybridized carbons (Fsp3) is 0.714. The van der Waals surface area contributed by atoms with Crippen LogP contribution in [0.2, 0.25) is 0 Å². The molecule has 0 saturated heterocycles. The molecule has 1 aliphatic rings. The predicted molar refractivity (Wildman–Crippen MR) is 102 cm³/mol. The Morgan fingerprint density at radius 3 is 1.96 bits per heavy atom. The van der Waals surface area contributed by atoms with Crippen LogP contribution < -0.4 is 0 Å². The maximum Gasteiger partial charge on any atom is 0.389 e. The molecule has 0 spiro atoms. The number of hydrogen-bond acceptors (Lipinski definition) is 0. The van der Waals surface area contributed by atoms with Crippen LogP contribution in [0.4, 0.5) is 13.2 Å². The van der Waals surface area contributed by atoms with Crippen molar-refractivity contribution in [3.05, 3.63) is 34.3 Å². The summed E-state index contributed by atoms with van der Waals surface area (Å²) in [4.78, 5) is 0. The third-order valence-corrected chi connectivity index (χ3v) is 6.04. The highest BCUT2D eigenvalue weighted by Gasteiger charge is 2.25. The van der Waals surface area contributed by atoms with Crippen molar-refractivity contribution in [2.45, 2.75) is 89.1 Å². The number of alkyl halides is 3. The summed E-state index contributed by atoms with van der Waals surface area (Å²) in [7, 11) is 0. The fourth-order valence-corrected chi connectivity index (χ4v) is 4.25. The Kier molecular flexibility index (Phi) is 8.81. The first-order valence-corrected chi connectivity index (χ1v) is 10.6. The van der Waals surface area contributed by atoms with Gasteiger partial charge in [-0.15, -0.1) is 0 Å². The lowest BCUT2D eigenvalue weighted by molar-refractivity contribution is -0.135. The number of unbranched alkanes of at least 4 members (excludes halogenated alkanes) is 5. The Hall–Kier alpha value is -0.510. The molecule has 0 nitrogen and oxygen atoms in total. The number of benzene rings is 1. The summed E-state index contributed by atoms with van der Waals surface area (Å²) in [5.74, 6) is 1.58. The van der Waals surface area contributed by atoms with Gasteiger partial charge < -0.3 is 0 Å². The molecule has 0 N–H and O–H groups in total. The van der Waals surface area contributed by atoms with Gasteiger partial charge >= 0.3 is 6.18 Å². The first-order valence-electron chi connectivity index (χ1n) is 9.76. The molecule has 0 aromatic heterocycles. The molecule has 1 fully saturated rings. The Morgan fingerprint density at radius 2 is 1.36 bits per heavy atom. The highest BCUT2D eigenvalue weighted by Crippen LogP contribution is 2.38. The highest BCUT2D eigenvalue weighted by atomic mass is 79.9. The summed E-state index contributed by atoms with van der Waals surface area (Å²) in [5, 5.41) is 0. The third-order valence-electron chi connectivity index (χ3n) is 5.51. The topological polar surface area (TPSA) is 0 Å². The summed E-state index contributed by atoms with van der Waals surface area (Å²) in [5.41, 5.74) is 1.47. The van der Waals surface area contributed by atoms with Gasteiger partial charge in [0.05, 0.1) is 0 Å². The van der Waals surface area contributed by atoms with Crippen molar-refractivity contribution in [3.8, 4) is 0 Å². The molecule has 1 aliphatic carbocycles. The standard InChI is InChI=1S/C21H30BrF3/c22-20-14-12-19(13-15-20)18-10-8-17(9-11-18)7-5-3-1-2-4-6-16-21(23,24)25/h12-15,17-18H,1-11,16H2. The van der Waals surface area contributed by atoms with Crippen LogP contribution in [-0.2, 0) is 0 Å². The largest absolute Gasteiger partial charge is 0.389 e. The second-order valence-electron chi connectivity index (χ2n) is 7.54. The SMILES string of the molecule is FC(F)(F)CCCCCCCCC1CCC(c2ccc(Br)cc2)CC1. The average Bonchev–Trinajstić information content (AvgIpc) is 2.58. The van der Waals surface area contributed by atoms with E-state index in [4.69, 9.17) is 0 Å². The van der Waals surface area contributed by atoms with E-state index in [1.165, 1.54) is 50.5 Å². The van der Waals surface area contributed by atoms with Crippen molar-refractivity contribution in [1.29, 1.82) is 0 Å². The van der Waals surface area contributed by atoms with Gasteiger partial charge in [0.25, 0.3) is 0 Å². The fourth-order valence-electron chi connectivity index (χ4n) is 3.98. The zero-order valence-corrected chi connectivity index (χ0v) is 16.5. The summed E-state index contributed by atoms with van der Waals surface area (Å²) in [6.07, 6.45) is 7.43. The zero-order chi connectivity index (χ0) is 18.1. The molecular weight excluding hydrogens is 389 g/mol.